The Kier molecular flexibility index (Phi) is 3.24. The normalized spacial score (nSPS) is 13.9. The summed E-state index contributed by atoms with van der Waals surface area (Å²) in [5, 5.41) is 17.2. The van der Waals surface area contributed by atoms with Gasteiger partial charge in [0.2, 0.25) is 0 Å². The molecule has 1 atom stereocenters. The van der Waals surface area contributed by atoms with Crippen molar-refractivity contribution in [2.45, 2.75) is 27.2 Å². The minimum atomic E-state index is -0.974. The Balaban J connectivity index is 4.35. The Hall–Kier alpha value is -1.06. The van der Waals surface area contributed by atoms with Crippen LogP contribution < -0.4 is 0 Å². The van der Waals surface area contributed by atoms with Crippen molar-refractivity contribution in [3.63, 3.8) is 0 Å². The number of carboxylic acid groups (broad SMARTS) is 2. The SMILES string of the molecule is CC(CC(=O)O)C(C)(C)C(=O)O. The smallest absolute Gasteiger partial charge is 0.309 e. The van der Waals surface area contributed by atoms with Crippen molar-refractivity contribution in [2.24, 2.45) is 11.3 Å². The highest BCUT2D eigenvalue weighted by molar-refractivity contribution is 5.75. The molecule has 0 aromatic carbocycles. The third-order valence-electron chi connectivity index (χ3n) is 2.26. The van der Waals surface area contributed by atoms with E-state index in [0.29, 0.717) is 0 Å². The third kappa shape index (κ3) is 2.53. The molecule has 0 aromatic heterocycles. The van der Waals surface area contributed by atoms with Gasteiger partial charge in [0, 0.05) is 6.42 Å². The van der Waals surface area contributed by atoms with Crippen LogP contribution in [0, 0.1) is 11.3 Å². The zero-order chi connectivity index (χ0) is 9.94. The van der Waals surface area contributed by atoms with Crippen molar-refractivity contribution in [2.75, 3.05) is 0 Å². The van der Waals surface area contributed by atoms with Crippen molar-refractivity contribution in [3.8, 4) is 0 Å². The second kappa shape index (κ2) is 3.56. The predicted octanol–water partition coefficient (Wildman–Crippen LogP) is 1.21. The van der Waals surface area contributed by atoms with Gasteiger partial charge in [-0.1, -0.05) is 6.92 Å². The predicted molar refractivity (Wildman–Crippen MR) is 42.8 cm³/mol. The zero-order valence-electron chi connectivity index (χ0n) is 7.50. The molecule has 0 rings (SSSR count). The van der Waals surface area contributed by atoms with Gasteiger partial charge in [-0.2, -0.15) is 0 Å². The van der Waals surface area contributed by atoms with E-state index < -0.39 is 17.4 Å². The summed E-state index contributed by atoms with van der Waals surface area (Å²) in [7, 11) is 0. The monoisotopic (exact) mass is 174 g/mol. The Morgan fingerprint density at radius 3 is 2.00 bits per heavy atom. The number of rotatable bonds is 4. The minimum absolute atomic E-state index is 0.112. The second-order valence-corrected chi connectivity index (χ2v) is 3.53. The lowest BCUT2D eigenvalue weighted by atomic mass is 9.78. The molecule has 0 spiro atoms. The van der Waals surface area contributed by atoms with Crippen molar-refractivity contribution >= 4 is 11.9 Å². The molecule has 0 aliphatic carbocycles. The van der Waals surface area contributed by atoms with E-state index in [0.717, 1.165) is 0 Å². The van der Waals surface area contributed by atoms with Gasteiger partial charge in [0.25, 0.3) is 0 Å². The number of aliphatic carboxylic acids is 2. The van der Waals surface area contributed by atoms with Gasteiger partial charge in [0.15, 0.2) is 0 Å². The minimum Gasteiger partial charge on any atom is -0.481 e. The van der Waals surface area contributed by atoms with Gasteiger partial charge in [-0.05, 0) is 19.8 Å². The van der Waals surface area contributed by atoms with Crippen molar-refractivity contribution < 1.29 is 19.8 Å². The van der Waals surface area contributed by atoms with Crippen molar-refractivity contribution in [1.82, 2.24) is 0 Å². The topological polar surface area (TPSA) is 74.6 Å². The van der Waals surface area contributed by atoms with Crippen LogP contribution in [0.5, 0.6) is 0 Å². The van der Waals surface area contributed by atoms with E-state index >= 15 is 0 Å². The quantitative estimate of drug-likeness (QED) is 0.671. The summed E-state index contributed by atoms with van der Waals surface area (Å²) < 4.78 is 0. The van der Waals surface area contributed by atoms with Gasteiger partial charge in [0.1, 0.15) is 0 Å². The molecule has 2 N–H and O–H groups in total. The second-order valence-electron chi connectivity index (χ2n) is 3.53. The molecule has 0 bridgehead atoms. The number of carbonyl (C=O) groups is 2. The molecule has 0 saturated carbocycles. The Morgan fingerprint density at radius 1 is 1.33 bits per heavy atom. The van der Waals surface area contributed by atoms with E-state index in [1.807, 2.05) is 0 Å². The highest BCUT2D eigenvalue weighted by Crippen LogP contribution is 2.29. The van der Waals surface area contributed by atoms with E-state index in [1.165, 1.54) is 13.8 Å². The molecule has 0 aliphatic rings. The Morgan fingerprint density at radius 2 is 1.75 bits per heavy atom. The molecule has 0 aliphatic heterocycles. The van der Waals surface area contributed by atoms with Gasteiger partial charge in [-0.25, -0.2) is 0 Å². The molecule has 4 nitrogen and oxygen atoms in total. The van der Waals surface area contributed by atoms with Crippen LogP contribution in [-0.2, 0) is 9.59 Å². The molecule has 0 aromatic rings. The summed E-state index contributed by atoms with van der Waals surface area (Å²) >= 11 is 0. The summed E-state index contributed by atoms with van der Waals surface area (Å²) in [5.41, 5.74) is -0.974. The molecule has 0 saturated heterocycles. The van der Waals surface area contributed by atoms with Crippen LogP contribution in [0.3, 0.4) is 0 Å². The van der Waals surface area contributed by atoms with Gasteiger partial charge >= 0.3 is 11.9 Å². The molecular formula is C8H14O4. The van der Waals surface area contributed by atoms with Crippen LogP contribution >= 0.6 is 0 Å². The fourth-order valence-electron chi connectivity index (χ4n) is 0.728. The highest BCUT2D eigenvalue weighted by Gasteiger charge is 2.34. The van der Waals surface area contributed by atoms with E-state index in [4.69, 9.17) is 10.2 Å². The first-order valence-corrected chi connectivity index (χ1v) is 3.73. The molecule has 70 valence electrons. The molecule has 1 unspecified atom stereocenters. The largest absolute Gasteiger partial charge is 0.481 e. The van der Waals surface area contributed by atoms with Crippen LogP contribution in [0.2, 0.25) is 0 Å². The highest BCUT2D eigenvalue weighted by atomic mass is 16.4. The molecule has 0 radical (unpaired) electrons. The van der Waals surface area contributed by atoms with Crippen molar-refractivity contribution in [3.05, 3.63) is 0 Å². The van der Waals surface area contributed by atoms with Crippen LogP contribution in [0.4, 0.5) is 0 Å². The van der Waals surface area contributed by atoms with E-state index in [1.54, 1.807) is 6.92 Å². The molecular weight excluding hydrogens is 160 g/mol. The zero-order valence-corrected chi connectivity index (χ0v) is 7.50. The Labute approximate surface area is 71.2 Å². The first kappa shape index (κ1) is 10.9. The van der Waals surface area contributed by atoms with Gasteiger partial charge in [-0.3, -0.25) is 9.59 Å². The lowest BCUT2D eigenvalue weighted by Crippen LogP contribution is -2.32. The van der Waals surface area contributed by atoms with Crippen LogP contribution in [-0.4, -0.2) is 22.2 Å². The molecule has 0 heterocycles. The van der Waals surface area contributed by atoms with Crippen LogP contribution in [0.25, 0.3) is 0 Å². The van der Waals surface area contributed by atoms with E-state index in [9.17, 15) is 9.59 Å². The Bertz CT molecular complexity index is 195. The van der Waals surface area contributed by atoms with Crippen LogP contribution in [0.1, 0.15) is 27.2 Å². The molecule has 12 heavy (non-hydrogen) atoms. The summed E-state index contributed by atoms with van der Waals surface area (Å²) in [6.07, 6.45) is -0.112. The average Bonchev–Trinajstić information content (AvgIpc) is 1.85. The van der Waals surface area contributed by atoms with Gasteiger partial charge in [0.05, 0.1) is 5.41 Å². The first-order valence-electron chi connectivity index (χ1n) is 3.73. The van der Waals surface area contributed by atoms with Gasteiger partial charge < -0.3 is 10.2 Å². The lowest BCUT2D eigenvalue weighted by molar-refractivity contribution is -0.151. The van der Waals surface area contributed by atoms with E-state index in [2.05, 4.69) is 0 Å². The van der Waals surface area contributed by atoms with Crippen LogP contribution in [0.15, 0.2) is 0 Å². The maximum absolute atomic E-state index is 10.7. The molecule has 4 heteroatoms. The number of hydrogen-bond donors (Lipinski definition) is 2. The summed E-state index contributed by atoms with van der Waals surface area (Å²) in [4.78, 5) is 20.9. The summed E-state index contributed by atoms with van der Waals surface area (Å²) in [6.45, 7) is 4.69. The summed E-state index contributed by atoms with van der Waals surface area (Å²) in [5.74, 6) is -2.29. The molecule has 0 amide bonds. The fraction of sp³-hybridized carbons (Fsp3) is 0.750. The third-order valence-corrected chi connectivity index (χ3v) is 2.26. The summed E-state index contributed by atoms with van der Waals surface area (Å²) in [6, 6.07) is 0. The van der Waals surface area contributed by atoms with Crippen molar-refractivity contribution in [1.29, 1.82) is 0 Å². The fourth-order valence-corrected chi connectivity index (χ4v) is 0.728. The lowest BCUT2D eigenvalue weighted by Gasteiger charge is -2.25. The average molecular weight is 174 g/mol. The standard InChI is InChI=1S/C8H14O4/c1-5(4-6(9)10)8(2,3)7(11)12/h5H,4H2,1-3H3,(H,9,10)(H,11,12). The molecule has 0 fully saturated rings. The van der Waals surface area contributed by atoms with Gasteiger partial charge in [-0.15, -0.1) is 0 Å². The maximum atomic E-state index is 10.7. The number of carboxylic acids is 2. The maximum Gasteiger partial charge on any atom is 0.309 e. The van der Waals surface area contributed by atoms with E-state index in [-0.39, 0.29) is 12.3 Å². The number of hydrogen-bond acceptors (Lipinski definition) is 2. The first-order chi connectivity index (χ1) is 5.28.